The van der Waals surface area contributed by atoms with Crippen molar-refractivity contribution in [2.45, 2.75) is 6.42 Å². The Morgan fingerprint density at radius 2 is 1.95 bits per heavy atom. The largest absolute Gasteiger partial charge is 0.370 e. The monoisotopic (exact) mass is 284 g/mol. The summed E-state index contributed by atoms with van der Waals surface area (Å²) < 4.78 is 0. The van der Waals surface area contributed by atoms with E-state index < -0.39 is 0 Å². The Bertz CT molecular complexity index is 724. The number of aromatic nitrogens is 3. The highest BCUT2D eigenvalue weighted by Gasteiger charge is 2.02. The number of hydrogen-bond donors (Lipinski definition) is 1. The molecule has 2 heterocycles. The third kappa shape index (κ3) is 2.86. The van der Waals surface area contributed by atoms with Gasteiger partial charge in [0.1, 0.15) is 17.3 Å². The fourth-order valence-electron chi connectivity index (χ4n) is 2.12. The zero-order chi connectivity index (χ0) is 13.8. The number of rotatable bonds is 4. The van der Waals surface area contributed by atoms with Gasteiger partial charge in [-0.1, -0.05) is 35.9 Å². The van der Waals surface area contributed by atoms with Gasteiger partial charge < -0.3 is 5.32 Å². The molecule has 0 aliphatic carbocycles. The molecule has 1 aromatic carbocycles. The topological polar surface area (TPSA) is 50.7 Å². The van der Waals surface area contributed by atoms with Crippen LogP contribution in [0.2, 0.25) is 5.15 Å². The number of anilines is 1. The van der Waals surface area contributed by atoms with Crippen molar-refractivity contribution in [2.24, 2.45) is 0 Å². The lowest BCUT2D eigenvalue weighted by molar-refractivity contribution is 1.00. The molecule has 20 heavy (non-hydrogen) atoms. The molecule has 0 amide bonds. The minimum Gasteiger partial charge on any atom is -0.370 e. The first-order chi connectivity index (χ1) is 9.83. The summed E-state index contributed by atoms with van der Waals surface area (Å²) in [5.41, 5.74) is 2.27. The first kappa shape index (κ1) is 12.8. The quantitative estimate of drug-likeness (QED) is 0.747. The molecule has 5 heteroatoms. The van der Waals surface area contributed by atoms with E-state index in [1.807, 2.05) is 12.3 Å². The third-order valence-corrected chi connectivity index (χ3v) is 3.26. The highest BCUT2D eigenvalue weighted by atomic mass is 35.5. The van der Waals surface area contributed by atoms with Crippen LogP contribution in [0.15, 0.2) is 48.9 Å². The maximum Gasteiger partial charge on any atom is 0.134 e. The number of fused-ring (bicyclic) bond motifs is 1. The fourth-order valence-corrected chi connectivity index (χ4v) is 2.27. The van der Waals surface area contributed by atoms with Gasteiger partial charge in [0.2, 0.25) is 0 Å². The van der Waals surface area contributed by atoms with Crippen molar-refractivity contribution in [1.82, 2.24) is 15.0 Å². The van der Waals surface area contributed by atoms with Crippen LogP contribution in [0.25, 0.3) is 10.9 Å². The SMILES string of the molecule is Clc1cc(NCCc2cccc3cccnc23)ncn1. The third-order valence-electron chi connectivity index (χ3n) is 3.05. The van der Waals surface area contributed by atoms with E-state index in [2.05, 4.69) is 44.5 Å². The van der Waals surface area contributed by atoms with E-state index in [9.17, 15) is 0 Å². The molecule has 0 atom stereocenters. The summed E-state index contributed by atoms with van der Waals surface area (Å²) in [4.78, 5) is 12.4. The normalized spacial score (nSPS) is 10.7. The first-order valence-electron chi connectivity index (χ1n) is 6.37. The molecule has 0 saturated heterocycles. The lowest BCUT2D eigenvalue weighted by Crippen LogP contribution is -2.07. The molecular weight excluding hydrogens is 272 g/mol. The number of para-hydroxylation sites is 1. The van der Waals surface area contributed by atoms with Gasteiger partial charge >= 0.3 is 0 Å². The van der Waals surface area contributed by atoms with Crippen molar-refractivity contribution in [1.29, 1.82) is 0 Å². The van der Waals surface area contributed by atoms with Gasteiger partial charge in [-0.2, -0.15) is 0 Å². The van der Waals surface area contributed by atoms with E-state index in [-0.39, 0.29) is 0 Å². The summed E-state index contributed by atoms with van der Waals surface area (Å²) in [6.45, 7) is 0.767. The van der Waals surface area contributed by atoms with Gasteiger partial charge in [0.15, 0.2) is 0 Å². The minimum absolute atomic E-state index is 0.439. The average Bonchev–Trinajstić information content (AvgIpc) is 2.48. The zero-order valence-corrected chi connectivity index (χ0v) is 11.5. The number of pyridine rings is 1. The zero-order valence-electron chi connectivity index (χ0n) is 10.8. The van der Waals surface area contributed by atoms with E-state index in [0.29, 0.717) is 5.15 Å². The number of benzene rings is 1. The molecule has 0 unspecified atom stereocenters. The maximum absolute atomic E-state index is 5.82. The molecule has 0 bridgehead atoms. The Morgan fingerprint density at radius 1 is 1.05 bits per heavy atom. The Hall–Kier alpha value is -2.20. The van der Waals surface area contributed by atoms with Crippen molar-refractivity contribution in [2.75, 3.05) is 11.9 Å². The Kier molecular flexibility index (Phi) is 3.74. The standard InChI is InChI=1S/C15H13ClN4/c16-13-9-14(20-10-19-13)17-8-6-12-4-1-3-11-5-2-7-18-15(11)12/h1-5,7,9-10H,6,8H2,(H,17,19,20). The average molecular weight is 285 g/mol. The predicted molar refractivity (Wildman–Crippen MR) is 81.0 cm³/mol. The summed E-state index contributed by atoms with van der Waals surface area (Å²) in [7, 11) is 0. The van der Waals surface area contributed by atoms with Crippen LogP contribution in [0, 0.1) is 0 Å². The van der Waals surface area contributed by atoms with E-state index in [1.54, 1.807) is 6.07 Å². The van der Waals surface area contributed by atoms with Gasteiger partial charge in [0.25, 0.3) is 0 Å². The van der Waals surface area contributed by atoms with Crippen LogP contribution in [0.5, 0.6) is 0 Å². The summed E-state index contributed by atoms with van der Waals surface area (Å²) in [5, 5.41) is 4.84. The molecule has 0 fully saturated rings. The molecule has 0 aliphatic heterocycles. The second-order valence-electron chi connectivity index (χ2n) is 4.40. The second kappa shape index (κ2) is 5.84. The molecule has 4 nitrogen and oxygen atoms in total. The lowest BCUT2D eigenvalue weighted by atomic mass is 10.1. The molecule has 1 N–H and O–H groups in total. The summed E-state index contributed by atoms with van der Waals surface area (Å²) in [5.74, 6) is 0.734. The number of hydrogen-bond acceptors (Lipinski definition) is 4. The van der Waals surface area contributed by atoms with Crippen LogP contribution in [0.3, 0.4) is 0 Å². The van der Waals surface area contributed by atoms with Crippen molar-refractivity contribution >= 4 is 28.3 Å². The van der Waals surface area contributed by atoms with Crippen molar-refractivity contribution in [3.63, 3.8) is 0 Å². The van der Waals surface area contributed by atoms with Crippen molar-refractivity contribution in [3.05, 3.63) is 59.6 Å². The highest BCUT2D eigenvalue weighted by molar-refractivity contribution is 6.29. The molecule has 0 saturated carbocycles. The van der Waals surface area contributed by atoms with Crippen LogP contribution in [-0.2, 0) is 6.42 Å². The fraction of sp³-hybridized carbons (Fsp3) is 0.133. The Morgan fingerprint density at radius 3 is 2.85 bits per heavy atom. The molecule has 3 aromatic rings. The first-order valence-corrected chi connectivity index (χ1v) is 6.75. The molecular formula is C15H13ClN4. The van der Waals surface area contributed by atoms with Gasteiger partial charge in [-0.15, -0.1) is 0 Å². The highest BCUT2D eigenvalue weighted by Crippen LogP contribution is 2.16. The number of nitrogens with one attached hydrogen (secondary N) is 1. The lowest BCUT2D eigenvalue weighted by Gasteiger charge is -2.07. The van der Waals surface area contributed by atoms with Crippen molar-refractivity contribution < 1.29 is 0 Å². The van der Waals surface area contributed by atoms with Gasteiger partial charge in [0, 0.05) is 24.2 Å². The minimum atomic E-state index is 0.439. The molecule has 100 valence electrons. The van der Waals surface area contributed by atoms with Gasteiger partial charge in [-0.3, -0.25) is 4.98 Å². The van der Waals surface area contributed by atoms with Gasteiger partial charge in [-0.25, -0.2) is 9.97 Å². The van der Waals surface area contributed by atoms with E-state index >= 15 is 0 Å². The van der Waals surface area contributed by atoms with Crippen LogP contribution in [0.1, 0.15) is 5.56 Å². The van der Waals surface area contributed by atoms with Crippen LogP contribution in [-0.4, -0.2) is 21.5 Å². The molecule has 0 aliphatic rings. The number of halogens is 1. The Labute approximate surface area is 121 Å². The number of nitrogens with zero attached hydrogens (tertiary/aromatic N) is 3. The summed E-state index contributed by atoms with van der Waals surface area (Å²) in [6.07, 6.45) is 4.14. The smallest absolute Gasteiger partial charge is 0.134 e. The molecule has 0 radical (unpaired) electrons. The molecule has 3 rings (SSSR count). The molecule has 2 aromatic heterocycles. The van der Waals surface area contributed by atoms with Crippen molar-refractivity contribution in [3.8, 4) is 0 Å². The van der Waals surface area contributed by atoms with E-state index in [0.717, 1.165) is 29.7 Å². The van der Waals surface area contributed by atoms with E-state index in [4.69, 9.17) is 11.6 Å². The van der Waals surface area contributed by atoms with Gasteiger partial charge in [-0.05, 0) is 18.1 Å². The summed E-state index contributed by atoms with van der Waals surface area (Å²) in [6, 6.07) is 12.0. The van der Waals surface area contributed by atoms with Crippen LogP contribution < -0.4 is 5.32 Å². The molecule has 0 spiro atoms. The van der Waals surface area contributed by atoms with Crippen LogP contribution in [0.4, 0.5) is 5.82 Å². The second-order valence-corrected chi connectivity index (χ2v) is 4.78. The Balaban J connectivity index is 1.71. The van der Waals surface area contributed by atoms with E-state index in [1.165, 1.54) is 11.9 Å². The van der Waals surface area contributed by atoms with Crippen LogP contribution >= 0.6 is 11.6 Å². The predicted octanol–water partition coefficient (Wildman–Crippen LogP) is 3.33. The van der Waals surface area contributed by atoms with Gasteiger partial charge in [0.05, 0.1) is 5.52 Å². The maximum atomic E-state index is 5.82. The summed E-state index contributed by atoms with van der Waals surface area (Å²) >= 11 is 5.82.